The van der Waals surface area contributed by atoms with Crippen molar-refractivity contribution in [3.63, 3.8) is 0 Å². The summed E-state index contributed by atoms with van der Waals surface area (Å²) in [7, 11) is -1.42. The summed E-state index contributed by atoms with van der Waals surface area (Å²) in [6.45, 7) is 4.43. The zero-order chi connectivity index (χ0) is 23.6. The number of benzene rings is 2. The maximum atomic E-state index is 12.4. The number of nitrogens with zero attached hydrogens (tertiary/aromatic N) is 2. The summed E-state index contributed by atoms with van der Waals surface area (Å²) in [5.74, 6) is 0.762. The number of nitrogens with two attached hydrogens (primary N) is 1. The fourth-order valence-corrected chi connectivity index (χ4v) is 4.53. The summed E-state index contributed by atoms with van der Waals surface area (Å²) in [5.41, 5.74) is 13.9. The van der Waals surface area contributed by atoms with E-state index in [-0.39, 0.29) is 10.7 Å². The molecular formula is C24H27N5O3S. The molecule has 0 amide bonds. The minimum absolute atomic E-state index is 0.288. The van der Waals surface area contributed by atoms with Gasteiger partial charge in [0.05, 0.1) is 28.1 Å². The maximum Gasteiger partial charge on any atom is 0.186 e. The normalized spacial score (nSPS) is 18.4. The molecule has 0 fully saturated rings. The third kappa shape index (κ3) is 4.69. The van der Waals surface area contributed by atoms with E-state index in [1.54, 1.807) is 38.1 Å². The molecule has 0 aromatic heterocycles. The van der Waals surface area contributed by atoms with Gasteiger partial charge in [0, 0.05) is 18.2 Å². The van der Waals surface area contributed by atoms with Crippen molar-refractivity contribution in [1.29, 1.82) is 0 Å². The number of rotatable bonds is 6. The molecule has 2 aliphatic heterocycles. The van der Waals surface area contributed by atoms with Crippen molar-refractivity contribution in [1.82, 2.24) is 10.8 Å². The molecular weight excluding hydrogens is 438 g/mol. The van der Waals surface area contributed by atoms with E-state index in [4.69, 9.17) is 10.6 Å². The predicted octanol–water partition coefficient (Wildman–Crippen LogP) is 2.54. The third-order valence-corrected chi connectivity index (χ3v) is 7.62. The number of allylic oxidation sites excluding steroid dienone is 1. The molecule has 33 heavy (non-hydrogen) atoms. The van der Waals surface area contributed by atoms with Gasteiger partial charge in [-0.3, -0.25) is 4.99 Å². The minimum Gasteiger partial charge on any atom is -0.382 e. The molecule has 0 aliphatic carbocycles. The topological polar surface area (TPSA) is 118 Å². The predicted molar refractivity (Wildman–Crippen MR) is 130 cm³/mol. The van der Waals surface area contributed by atoms with E-state index >= 15 is 0 Å². The molecule has 0 atom stereocenters. The molecule has 9 heteroatoms. The van der Waals surface area contributed by atoms with Gasteiger partial charge < -0.3 is 15.9 Å². The zero-order valence-electron chi connectivity index (χ0n) is 18.8. The fourth-order valence-electron chi connectivity index (χ4n) is 3.47. The Kier molecular flexibility index (Phi) is 6.35. The largest absolute Gasteiger partial charge is 0.382 e. The van der Waals surface area contributed by atoms with Crippen LogP contribution in [0.25, 0.3) is 5.70 Å². The Hall–Kier alpha value is -3.43. The summed E-state index contributed by atoms with van der Waals surface area (Å²) in [6.07, 6.45) is 1.84. The van der Waals surface area contributed by atoms with E-state index < -0.39 is 15.1 Å². The molecule has 0 spiro atoms. The first-order valence-corrected chi connectivity index (χ1v) is 12.2. The highest BCUT2D eigenvalue weighted by Crippen LogP contribution is 2.26. The lowest BCUT2D eigenvalue weighted by Gasteiger charge is -2.14. The van der Waals surface area contributed by atoms with Crippen LogP contribution in [0.5, 0.6) is 0 Å². The van der Waals surface area contributed by atoms with Crippen LogP contribution in [-0.4, -0.2) is 38.8 Å². The van der Waals surface area contributed by atoms with Crippen LogP contribution in [0.3, 0.4) is 0 Å². The third-order valence-electron chi connectivity index (χ3n) is 5.45. The first-order chi connectivity index (χ1) is 15.8. The molecule has 0 radical (unpaired) electrons. The van der Waals surface area contributed by atoms with Crippen molar-refractivity contribution in [2.24, 2.45) is 15.7 Å². The summed E-state index contributed by atoms with van der Waals surface area (Å²) in [5, 5.41) is 2.64. The Morgan fingerprint density at radius 3 is 2.39 bits per heavy atom. The van der Waals surface area contributed by atoms with Crippen LogP contribution in [0.2, 0.25) is 0 Å². The van der Waals surface area contributed by atoms with Crippen molar-refractivity contribution in [3.8, 4) is 0 Å². The molecule has 4 rings (SSSR count). The van der Waals surface area contributed by atoms with Crippen molar-refractivity contribution >= 4 is 27.1 Å². The van der Waals surface area contributed by atoms with Crippen molar-refractivity contribution in [2.75, 3.05) is 13.6 Å². The lowest BCUT2D eigenvalue weighted by molar-refractivity contribution is 0.176. The number of hydrogen-bond donors (Lipinski definition) is 3. The Morgan fingerprint density at radius 2 is 1.76 bits per heavy atom. The fraction of sp³-hybridized carbons (Fsp3) is 0.250. The van der Waals surface area contributed by atoms with Gasteiger partial charge in [0.15, 0.2) is 21.3 Å². The zero-order valence-corrected chi connectivity index (χ0v) is 19.6. The highest BCUT2D eigenvalue weighted by Gasteiger charge is 2.23. The minimum atomic E-state index is -3.33. The van der Waals surface area contributed by atoms with Gasteiger partial charge >= 0.3 is 0 Å². The molecule has 2 aliphatic rings. The molecule has 0 unspecified atom stereocenters. The molecule has 172 valence electrons. The average Bonchev–Trinajstić information content (AvgIpc) is 3.30. The van der Waals surface area contributed by atoms with Gasteiger partial charge in [-0.2, -0.15) is 0 Å². The van der Waals surface area contributed by atoms with Crippen LogP contribution in [0.4, 0.5) is 0 Å². The second-order valence-electron chi connectivity index (χ2n) is 8.08. The van der Waals surface area contributed by atoms with Crippen molar-refractivity contribution < 1.29 is 13.3 Å². The smallest absolute Gasteiger partial charge is 0.186 e. The van der Waals surface area contributed by atoms with E-state index in [1.807, 2.05) is 25.3 Å². The van der Waals surface area contributed by atoms with Gasteiger partial charge in [0.2, 0.25) is 0 Å². The highest BCUT2D eigenvalue weighted by molar-refractivity contribution is 7.92. The van der Waals surface area contributed by atoms with Crippen LogP contribution in [-0.2, 0) is 21.2 Å². The Bertz CT molecular complexity index is 1270. The molecule has 4 N–H and O–H groups in total. The average molecular weight is 466 g/mol. The van der Waals surface area contributed by atoms with Crippen LogP contribution < -0.4 is 16.5 Å². The first kappa shape index (κ1) is 22.8. The van der Waals surface area contributed by atoms with Crippen molar-refractivity contribution in [2.45, 2.75) is 30.5 Å². The Labute approximate surface area is 193 Å². The number of hydroxylamine groups is 1. The van der Waals surface area contributed by atoms with Crippen LogP contribution in [0.15, 0.2) is 80.9 Å². The van der Waals surface area contributed by atoms with E-state index in [1.165, 1.54) is 5.56 Å². The maximum absolute atomic E-state index is 12.4. The molecule has 0 saturated carbocycles. The van der Waals surface area contributed by atoms with Crippen LogP contribution in [0, 0.1) is 0 Å². The van der Waals surface area contributed by atoms with Gasteiger partial charge in [0.25, 0.3) is 0 Å². The van der Waals surface area contributed by atoms with Gasteiger partial charge in [-0.25, -0.2) is 18.9 Å². The molecule has 8 nitrogen and oxygen atoms in total. The molecule has 0 bridgehead atoms. The van der Waals surface area contributed by atoms with Crippen molar-refractivity contribution in [3.05, 3.63) is 82.8 Å². The summed E-state index contributed by atoms with van der Waals surface area (Å²) < 4.78 is 24.8. The number of aliphatic imine (C=N–C) groups is 2. The summed E-state index contributed by atoms with van der Waals surface area (Å²) in [4.78, 5) is 15.0. The molecule has 0 saturated heterocycles. The van der Waals surface area contributed by atoms with Crippen LogP contribution >= 0.6 is 0 Å². The number of hydrogen-bond acceptors (Lipinski definition) is 8. The van der Waals surface area contributed by atoms with Gasteiger partial charge in [-0.1, -0.05) is 36.4 Å². The summed E-state index contributed by atoms with van der Waals surface area (Å²) in [6, 6.07) is 14.8. The molecule has 2 heterocycles. The molecule has 2 aromatic carbocycles. The SMILES string of the molecule is CNCc1ccc(C2=CC(=C3N=C(c4ccc(S(=O)(=O)C(C)C)cc4)CN=C3N)ON2)cc1. The quantitative estimate of drug-likeness (QED) is 0.603. The Morgan fingerprint density at radius 1 is 1.09 bits per heavy atom. The standard InChI is InChI=1S/C24H27N5O3S/c1-15(2)33(30,31)19-10-8-18(9-11-19)21-14-27-24(25)23(28-21)22-12-20(29-32-22)17-6-4-16(5-7-17)13-26-3/h4-12,15,26,29H,13-14H2,1-3H3,(H2,25,27). The number of sulfone groups is 1. The number of amidine groups is 1. The van der Waals surface area contributed by atoms with Gasteiger partial charge in [0.1, 0.15) is 5.84 Å². The first-order valence-electron chi connectivity index (χ1n) is 10.6. The van der Waals surface area contributed by atoms with E-state index in [2.05, 4.69) is 32.9 Å². The lowest BCUT2D eigenvalue weighted by atomic mass is 10.1. The van der Waals surface area contributed by atoms with E-state index in [0.29, 0.717) is 23.7 Å². The highest BCUT2D eigenvalue weighted by atomic mass is 32.2. The summed E-state index contributed by atoms with van der Waals surface area (Å²) >= 11 is 0. The second-order valence-corrected chi connectivity index (χ2v) is 10.6. The van der Waals surface area contributed by atoms with E-state index in [9.17, 15) is 8.42 Å². The Balaban J connectivity index is 1.62. The molecule has 2 aromatic rings. The van der Waals surface area contributed by atoms with Gasteiger partial charge in [-0.05, 0) is 44.2 Å². The van der Waals surface area contributed by atoms with Gasteiger partial charge in [-0.15, -0.1) is 0 Å². The number of nitrogens with one attached hydrogen (secondary N) is 2. The second kappa shape index (κ2) is 9.21. The monoisotopic (exact) mass is 465 g/mol. The lowest BCUT2D eigenvalue weighted by Crippen LogP contribution is -2.24. The van der Waals surface area contributed by atoms with Crippen LogP contribution in [0.1, 0.15) is 30.5 Å². The van der Waals surface area contributed by atoms with E-state index in [0.717, 1.165) is 23.4 Å².